The Hall–Kier alpha value is -1.42. The first-order chi connectivity index (χ1) is 7.58. The second kappa shape index (κ2) is 6.23. The molecule has 16 heavy (non-hydrogen) atoms. The molecule has 0 unspecified atom stereocenters. The molecular weight excluding hydrogens is 205 g/mol. The molecule has 1 aromatic carbocycles. The van der Waals surface area contributed by atoms with Gasteiger partial charge in [-0.25, -0.2) is 4.39 Å². The fourth-order valence-corrected chi connectivity index (χ4v) is 1.52. The van der Waals surface area contributed by atoms with Gasteiger partial charge in [0.1, 0.15) is 5.82 Å². The highest BCUT2D eigenvalue weighted by Crippen LogP contribution is 2.06. The van der Waals surface area contributed by atoms with E-state index in [2.05, 4.69) is 4.90 Å². The van der Waals surface area contributed by atoms with Gasteiger partial charge in [-0.1, -0.05) is 12.1 Å². The smallest absolute Gasteiger partial charge is 0.123 e. The van der Waals surface area contributed by atoms with Crippen LogP contribution in [0, 0.1) is 11.2 Å². The highest BCUT2D eigenvalue weighted by atomic mass is 19.1. The van der Waals surface area contributed by atoms with Gasteiger partial charge in [-0.3, -0.25) is 5.41 Å². The maximum absolute atomic E-state index is 12.7. The zero-order chi connectivity index (χ0) is 12.0. The molecule has 0 amide bonds. The van der Waals surface area contributed by atoms with E-state index in [4.69, 9.17) is 11.1 Å². The number of benzene rings is 1. The largest absolute Gasteiger partial charge is 0.388 e. The van der Waals surface area contributed by atoms with Crippen LogP contribution in [0.3, 0.4) is 0 Å². The van der Waals surface area contributed by atoms with Gasteiger partial charge >= 0.3 is 0 Å². The lowest BCUT2D eigenvalue weighted by Crippen LogP contribution is -2.21. The fraction of sp³-hybridized carbons (Fsp3) is 0.417. The van der Waals surface area contributed by atoms with Crippen LogP contribution in [0.15, 0.2) is 24.3 Å². The molecule has 88 valence electrons. The van der Waals surface area contributed by atoms with Gasteiger partial charge in [-0.05, 0) is 37.7 Å². The minimum absolute atomic E-state index is 0.206. The second-order valence-corrected chi connectivity index (χ2v) is 3.99. The van der Waals surface area contributed by atoms with Gasteiger partial charge in [0, 0.05) is 13.0 Å². The molecule has 0 spiro atoms. The second-order valence-electron chi connectivity index (χ2n) is 3.99. The van der Waals surface area contributed by atoms with Crippen LogP contribution in [0.5, 0.6) is 0 Å². The Morgan fingerprint density at radius 1 is 1.38 bits per heavy atom. The predicted octanol–water partition coefficient (Wildman–Crippen LogP) is 1.97. The Kier molecular flexibility index (Phi) is 4.92. The SMILES string of the molecule is CN(CCCC(=N)N)Cc1ccc(F)cc1. The van der Waals surface area contributed by atoms with E-state index < -0.39 is 0 Å². The quantitative estimate of drug-likeness (QED) is 0.572. The summed E-state index contributed by atoms with van der Waals surface area (Å²) in [5, 5.41) is 7.10. The Morgan fingerprint density at radius 3 is 2.56 bits per heavy atom. The monoisotopic (exact) mass is 223 g/mol. The van der Waals surface area contributed by atoms with Crippen molar-refractivity contribution in [3.8, 4) is 0 Å². The molecular formula is C12H18FN3. The third-order valence-corrected chi connectivity index (χ3v) is 2.35. The zero-order valence-corrected chi connectivity index (χ0v) is 9.54. The molecule has 4 heteroatoms. The van der Waals surface area contributed by atoms with E-state index in [1.165, 1.54) is 12.1 Å². The first-order valence-electron chi connectivity index (χ1n) is 5.34. The summed E-state index contributed by atoms with van der Waals surface area (Å²) in [4.78, 5) is 2.14. The Labute approximate surface area is 95.6 Å². The average molecular weight is 223 g/mol. The molecule has 0 saturated carbocycles. The molecule has 0 fully saturated rings. The Bertz CT molecular complexity index is 335. The minimum Gasteiger partial charge on any atom is -0.388 e. The van der Waals surface area contributed by atoms with E-state index in [0.29, 0.717) is 6.42 Å². The van der Waals surface area contributed by atoms with Crippen LogP contribution >= 0.6 is 0 Å². The van der Waals surface area contributed by atoms with Crippen molar-refractivity contribution < 1.29 is 4.39 Å². The van der Waals surface area contributed by atoms with E-state index in [9.17, 15) is 4.39 Å². The van der Waals surface area contributed by atoms with Gasteiger partial charge in [-0.15, -0.1) is 0 Å². The van der Waals surface area contributed by atoms with Crippen LogP contribution in [-0.4, -0.2) is 24.3 Å². The molecule has 0 atom stereocenters. The summed E-state index contributed by atoms with van der Waals surface area (Å²) in [5.74, 6) is 0.0261. The molecule has 0 bridgehead atoms. The van der Waals surface area contributed by atoms with Crippen LogP contribution in [0.25, 0.3) is 0 Å². The van der Waals surface area contributed by atoms with Crippen molar-refractivity contribution in [2.24, 2.45) is 5.73 Å². The molecule has 0 saturated heterocycles. The normalized spacial score (nSPS) is 10.7. The lowest BCUT2D eigenvalue weighted by atomic mass is 10.2. The maximum Gasteiger partial charge on any atom is 0.123 e. The molecule has 0 heterocycles. The summed E-state index contributed by atoms with van der Waals surface area (Å²) in [6, 6.07) is 6.52. The number of nitrogens with two attached hydrogens (primary N) is 1. The van der Waals surface area contributed by atoms with E-state index in [0.717, 1.165) is 25.1 Å². The van der Waals surface area contributed by atoms with Crippen molar-refractivity contribution in [2.75, 3.05) is 13.6 Å². The van der Waals surface area contributed by atoms with Crippen LogP contribution in [0.4, 0.5) is 4.39 Å². The first-order valence-corrected chi connectivity index (χ1v) is 5.34. The third-order valence-electron chi connectivity index (χ3n) is 2.35. The van der Waals surface area contributed by atoms with Gasteiger partial charge in [0.25, 0.3) is 0 Å². The Balaban J connectivity index is 2.31. The van der Waals surface area contributed by atoms with Crippen molar-refractivity contribution in [1.82, 2.24) is 4.90 Å². The van der Waals surface area contributed by atoms with E-state index in [1.54, 1.807) is 12.1 Å². The Morgan fingerprint density at radius 2 is 2.00 bits per heavy atom. The minimum atomic E-state index is -0.206. The molecule has 0 aliphatic rings. The van der Waals surface area contributed by atoms with Gasteiger partial charge in [0.2, 0.25) is 0 Å². The number of amidine groups is 1. The standard InChI is InChI=1S/C12H18FN3/c1-16(8-2-3-12(14)15)9-10-4-6-11(13)7-5-10/h4-7H,2-3,8-9H2,1H3,(H3,14,15). The molecule has 1 rings (SSSR count). The topological polar surface area (TPSA) is 53.1 Å². The fourth-order valence-electron chi connectivity index (χ4n) is 1.52. The van der Waals surface area contributed by atoms with Gasteiger partial charge in [0.05, 0.1) is 5.84 Å². The predicted molar refractivity (Wildman–Crippen MR) is 63.9 cm³/mol. The van der Waals surface area contributed by atoms with Crippen LogP contribution in [0.1, 0.15) is 18.4 Å². The number of nitrogens with one attached hydrogen (secondary N) is 1. The van der Waals surface area contributed by atoms with Crippen LogP contribution in [0.2, 0.25) is 0 Å². The lowest BCUT2D eigenvalue weighted by molar-refractivity contribution is 0.324. The van der Waals surface area contributed by atoms with Crippen molar-refractivity contribution in [2.45, 2.75) is 19.4 Å². The summed E-state index contributed by atoms with van der Waals surface area (Å²) in [6.07, 6.45) is 1.51. The molecule has 0 aliphatic carbocycles. The molecule has 3 N–H and O–H groups in total. The lowest BCUT2D eigenvalue weighted by Gasteiger charge is -2.16. The summed E-state index contributed by atoms with van der Waals surface area (Å²) in [5.41, 5.74) is 6.36. The highest BCUT2D eigenvalue weighted by Gasteiger charge is 2.01. The van der Waals surface area contributed by atoms with E-state index in [1.807, 2.05) is 7.05 Å². The maximum atomic E-state index is 12.7. The molecule has 0 radical (unpaired) electrons. The van der Waals surface area contributed by atoms with Crippen molar-refractivity contribution >= 4 is 5.84 Å². The molecule has 3 nitrogen and oxygen atoms in total. The number of hydrogen-bond acceptors (Lipinski definition) is 2. The zero-order valence-electron chi connectivity index (χ0n) is 9.54. The van der Waals surface area contributed by atoms with Crippen molar-refractivity contribution in [1.29, 1.82) is 5.41 Å². The van der Waals surface area contributed by atoms with Crippen molar-refractivity contribution in [3.63, 3.8) is 0 Å². The molecule has 1 aromatic rings. The summed E-state index contributed by atoms with van der Waals surface area (Å²) in [7, 11) is 2.00. The highest BCUT2D eigenvalue weighted by molar-refractivity contribution is 5.76. The van der Waals surface area contributed by atoms with Crippen LogP contribution in [-0.2, 0) is 6.54 Å². The molecule has 0 aliphatic heterocycles. The summed E-state index contributed by atoms with van der Waals surface area (Å²) < 4.78 is 12.7. The average Bonchev–Trinajstić information content (AvgIpc) is 2.21. The van der Waals surface area contributed by atoms with Gasteiger partial charge < -0.3 is 10.6 Å². The number of hydrogen-bond donors (Lipinski definition) is 2. The number of halogens is 1. The van der Waals surface area contributed by atoms with Gasteiger partial charge in [0.15, 0.2) is 0 Å². The summed E-state index contributed by atoms with van der Waals surface area (Å²) in [6.45, 7) is 1.68. The van der Waals surface area contributed by atoms with E-state index in [-0.39, 0.29) is 11.7 Å². The third kappa shape index (κ3) is 4.89. The number of nitrogens with zero attached hydrogens (tertiary/aromatic N) is 1. The number of rotatable bonds is 6. The van der Waals surface area contributed by atoms with Crippen LogP contribution < -0.4 is 5.73 Å². The van der Waals surface area contributed by atoms with E-state index >= 15 is 0 Å². The first kappa shape index (κ1) is 12.6. The summed E-state index contributed by atoms with van der Waals surface area (Å²) >= 11 is 0. The van der Waals surface area contributed by atoms with Gasteiger partial charge in [-0.2, -0.15) is 0 Å². The van der Waals surface area contributed by atoms with Crippen molar-refractivity contribution in [3.05, 3.63) is 35.6 Å². The molecule has 0 aromatic heterocycles.